The number of halogens is 2. The van der Waals surface area contributed by atoms with Crippen molar-refractivity contribution < 1.29 is 9.90 Å². The number of carboxylic acids is 1. The van der Waals surface area contributed by atoms with E-state index >= 15 is 0 Å². The molecular weight excluding hydrogens is 225 g/mol. The Balaban J connectivity index is 3.53. The lowest BCUT2D eigenvalue weighted by Crippen LogP contribution is -2.04. The van der Waals surface area contributed by atoms with Crippen LogP contribution in [0.5, 0.6) is 0 Å². The summed E-state index contributed by atoms with van der Waals surface area (Å²) in [5, 5.41) is 17.6. The molecule has 0 atom stereocenters. The van der Waals surface area contributed by atoms with Crippen molar-refractivity contribution in [2.24, 2.45) is 0 Å². The molecule has 0 heterocycles. The van der Waals surface area contributed by atoms with Crippen molar-refractivity contribution in [3.05, 3.63) is 33.8 Å². The summed E-state index contributed by atoms with van der Waals surface area (Å²) in [5.74, 6) is -1.23. The van der Waals surface area contributed by atoms with Crippen molar-refractivity contribution in [2.75, 3.05) is 0 Å². The summed E-state index contributed by atoms with van der Waals surface area (Å²) in [4.78, 5) is 10.8. The van der Waals surface area contributed by atoms with Gasteiger partial charge in [0.2, 0.25) is 0 Å². The number of carbonyl (C=O) groups is 1. The van der Waals surface area contributed by atoms with Gasteiger partial charge in [-0.1, -0.05) is 11.6 Å². The largest absolute Gasteiger partial charge is 0.478 e. The monoisotopic (exact) mass is 229 g/mol. The second-order valence-electron chi connectivity index (χ2n) is 2.50. The average Bonchev–Trinajstić information content (AvgIpc) is 2.16. The lowest BCUT2D eigenvalue weighted by atomic mass is 10.0. The van der Waals surface area contributed by atoms with Crippen LogP contribution in [0, 0.1) is 11.3 Å². The number of carboxylic acid groups (broad SMARTS) is 1. The summed E-state index contributed by atoms with van der Waals surface area (Å²) in [6, 6.07) is 4.69. The molecule has 3 nitrogen and oxygen atoms in total. The first-order chi connectivity index (χ1) is 6.61. The first-order valence-corrected chi connectivity index (χ1v) is 4.53. The van der Waals surface area contributed by atoms with Gasteiger partial charge in [0.05, 0.1) is 22.2 Å². The van der Waals surface area contributed by atoms with Crippen molar-refractivity contribution in [3.63, 3.8) is 0 Å². The molecular formula is C9H5Cl2NO2. The van der Waals surface area contributed by atoms with Gasteiger partial charge in [0.1, 0.15) is 0 Å². The molecule has 1 aromatic rings. The number of hydrogen-bond donors (Lipinski definition) is 1. The van der Waals surface area contributed by atoms with Gasteiger partial charge in [-0.3, -0.25) is 0 Å². The van der Waals surface area contributed by atoms with Crippen LogP contribution in [0.2, 0.25) is 5.02 Å². The van der Waals surface area contributed by atoms with Gasteiger partial charge >= 0.3 is 5.97 Å². The molecule has 72 valence electrons. The van der Waals surface area contributed by atoms with E-state index in [1.54, 1.807) is 0 Å². The molecule has 0 spiro atoms. The van der Waals surface area contributed by atoms with E-state index in [4.69, 9.17) is 33.6 Å². The minimum atomic E-state index is -1.18. The summed E-state index contributed by atoms with van der Waals surface area (Å²) in [6.45, 7) is 0. The standard InChI is InChI=1S/C9H5Cl2NO2/c10-3-6-5(4-12)1-2-7(11)8(6)9(13)14/h1-2H,3H2,(H,13,14). The zero-order valence-corrected chi connectivity index (χ0v) is 8.43. The van der Waals surface area contributed by atoms with Crippen LogP contribution < -0.4 is 0 Å². The lowest BCUT2D eigenvalue weighted by Gasteiger charge is -2.06. The Hall–Kier alpha value is -1.24. The van der Waals surface area contributed by atoms with Gasteiger partial charge < -0.3 is 5.11 Å². The van der Waals surface area contributed by atoms with Crippen molar-refractivity contribution >= 4 is 29.2 Å². The molecule has 0 aliphatic rings. The summed E-state index contributed by atoms with van der Waals surface area (Å²) in [5.41, 5.74) is 0.400. The molecule has 5 heteroatoms. The Bertz CT molecular complexity index is 424. The summed E-state index contributed by atoms with van der Waals surface area (Å²) >= 11 is 11.2. The summed E-state index contributed by atoms with van der Waals surface area (Å²) in [6.07, 6.45) is 0. The summed E-state index contributed by atoms with van der Waals surface area (Å²) in [7, 11) is 0. The van der Waals surface area contributed by atoms with Crippen LogP contribution in [0.4, 0.5) is 0 Å². The highest BCUT2D eigenvalue weighted by Gasteiger charge is 2.17. The van der Waals surface area contributed by atoms with Crippen molar-refractivity contribution in [1.82, 2.24) is 0 Å². The number of benzene rings is 1. The zero-order valence-electron chi connectivity index (χ0n) is 6.92. The molecule has 0 aromatic heterocycles. The number of hydrogen-bond acceptors (Lipinski definition) is 2. The van der Waals surface area contributed by atoms with E-state index in [2.05, 4.69) is 0 Å². The van der Waals surface area contributed by atoms with E-state index in [1.807, 2.05) is 6.07 Å². The Labute approximate surface area is 90.5 Å². The third-order valence-electron chi connectivity index (χ3n) is 1.73. The predicted octanol–water partition coefficient (Wildman–Crippen LogP) is 2.65. The first-order valence-electron chi connectivity index (χ1n) is 3.62. The highest BCUT2D eigenvalue weighted by molar-refractivity contribution is 6.34. The Morgan fingerprint density at radius 2 is 2.21 bits per heavy atom. The Kier molecular flexibility index (Phi) is 3.34. The highest BCUT2D eigenvalue weighted by Crippen LogP contribution is 2.24. The van der Waals surface area contributed by atoms with E-state index in [1.165, 1.54) is 12.1 Å². The van der Waals surface area contributed by atoms with Gasteiger partial charge in [0.15, 0.2) is 0 Å². The fourth-order valence-corrected chi connectivity index (χ4v) is 1.63. The lowest BCUT2D eigenvalue weighted by molar-refractivity contribution is 0.0696. The van der Waals surface area contributed by atoms with E-state index in [0.717, 1.165) is 0 Å². The maximum absolute atomic E-state index is 10.8. The molecule has 1 aromatic carbocycles. The number of nitriles is 1. The van der Waals surface area contributed by atoms with Gasteiger partial charge in [0, 0.05) is 11.4 Å². The van der Waals surface area contributed by atoms with Crippen LogP contribution in [0.3, 0.4) is 0 Å². The molecule has 0 unspecified atom stereocenters. The second-order valence-corrected chi connectivity index (χ2v) is 3.17. The van der Waals surface area contributed by atoms with Crippen LogP contribution >= 0.6 is 23.2 Å². The SMILES string of the molecule is N#Cc1ccc(Cl)c(C(=O)O)c1CCl. The van der Waals surface area contributed by atoms with E-state index in [-0.39, 0.29) is 27.6 Å². The maximum Gasteiger partial charge on any atom is 0.337 e. The van der Waals surface area contributed by atoms with Gasteiger partial charge in [-0.25, -0.2) is 4.79 Å². The van der Waals surface area contributed by atoms with Gasteiger partial charge in [-0.05, 0) is 12.1 Å². The molecule has 0 radical (unpaired) electrons. The maximum atomic E-state index is 10.8. The van der Waals surface area contributed by atoms with Gasteiger partial charge in [-0.2, -0.15) is 5.26 Å². The average molecular weight is 230 g/mol. The molecule has 0 aliphatic carbocycles. The molecule has 14 heavy (non-hydrogen) atoms. The van der Waals surface area contributed by atoms with E-state index < -0.39 is 5.97 Å². The second kappa shape index (κ2) is 4.32. The molecule has 0 aliphatic heterocycles. The van der Waals surface area contributed by atoms with Crippen LogP contribution in [0.25, 0.3) is 0 Å². The van der Waals surface area contributed by atoms with Gasteiger partial charge in [-0.15, -0.1) is 11.6 Å². The summed E-state index contributed by atoms with van der Waals surface area (Å²) < 4.78 is 0. The Morgan fingerprint density at radius 3 is 2.64 bits per heavy atom. The quantitative estimate of drug-likeness (QED) is 0.794. The zero-order chi connectivity index (χ0) is 10.7. The van der Waals surface area contributed by atoms with Crippen LogP contribution in [0.1, 0.15) is 21.5 Å². The third kappa shape index (κ3) is 1.82. The van der Waals surface area contributed by atoms with Crippen LogP contribution in [0.15, 0.2) is 12.1 Å². The predicted molar refractivity (Wildman–Crippen MR) is 52.7 cm³/mol. The molecule has 0 saturated heterocycles. The van der Waals surface area contributed by atoms with Crippen molar-refractivity contribution in [3.8, 4) is 6.07 Å². The molecule has 1 rings (SSSR count). The number of nitrogens with zero attached hydrogens (tertiary/aromatic N) is 1. The van der Waals surface area contributed by atoms with Crippen molar-refractivity contribution in [1.29, 1.82) is 5.26 Å². The minimum Gasteiger partial charge on any atom is -0.478 e. The molecule has 0 amide bonds. The molecule has 0 bridgehead atoms. The minimum absolute atomic E-state index is 0.0505. The topological polar surface area (TPSA) is 61.1 Å². The Morgan fingerprint density at radius 1 is 1.57 bits per heavy atom. The van der Waals surface area contributed by atoms with Crippen molar-refractivity contribution in [2.45, 2.75) is 5.88 Å². The number of alkyl halides is 1. The highest BCUT2D eigenvalue weighted by atomic mass is 35.5. The van der Waals surface area contributed by atoms with Gasteiger partial charge in [0.25, 0.3) is 0 Å². The number of aromatic carboxylic acids is 1. The fourth-order valence-electron chi connectivity index (χ4n) is 1.09. The van der Waals surface area contributed by atoms with Crippen LogP contribution in [-0.4, -0.2) is 11.1 Å². The van der Waals surface area contributed by atoms with E-state index in [0.29, 0.717) is 0 Å². The number of rotatable bonds is 2. The first kappa shape index (κ1) is 10.8. The molecule has 1 N–H and O–H groups in total. The fraction of sp³-hybridized carbons (Fsp3) is 0.111. The van der Waals surface area contributed by atoms with Crippen LogP contribution in [-0.2, 0) is 5.88 Å². The third-order valence-corrected chi connectivity index (χ3v) is 2.31. The smallest absolute Gasteiger partial charge is 0.337 e. The van der Waals surface area contributed by atoms with E-state index in [9.17, 15) is 4.79 Å². The normalized spacial score (nSPS) is 9.50. The molecule has 0 saturated carbocycles. The molecule has 0 fully saturated rings.